The Hall–Kier alpha value is -2.10. The molecule has 2 saturated heterocycles. The average Bonchev–Trinajstić information content (AvgIpc) is 2.88. The number of anilines is 1. The topological polar surface area (TPSA) is 90.4 Å². The lowest BCUT2D eigenvalue weighted by Gasteiger charge is -2.22. The lowest BCUT2D eigenvalue weighted by molar-refractivity contribution is -0.123. The predicted molar refractivity (Wildman–Crippen MR) is 76.9 cm³/mol. The molecule has 2 heterocycles. The summed E-state index contributed by atoms with van der Waals surface area (Å²) in [5.74, 6) is -0.129. The number of Topliss-reactive ketones (excluding diaryl/α,β-unsaturated/α-hetero) is 1. The highest BCUT2D eigenvalue weighted by Crippen LogP contribution is 2.37. The van der Waals surface area contributed by atoms with Gasteiger partial charge in [0.1, 0.15) is 6.07 Å². The Labute approximate surface area is 126 Å². The number of nitrogens with two attached hydrogens (primary N) is 1. The van der Waals surface area contributed by atoms with Crippen LogP contribution in [0.2, 0.25) is 5.02 Å². The average molecular weight is 305 g/mol. The van der Waals surface area contributed by atoms with Crippen LogP contribution in [-0.4, -0.2) is 35.5 Å². The molecule has 0 radical (unpaired) electrons. The second-order valence-electron chi connectivity index (χ2n) is 5.30. The molecule has 0 aliphatic carbocycles. The first-order valence-corrected chi connectivity index (χ1v) is 6.88. The number of hydrogen-bond donors (Lipinski definition) is 1. The second kappa shape index (κ2) is 4.45. The molecule has 1 aromatic carbocycles. The van der Waals surface area contributed by atoms with Crippen LogP contribution < -0.4 is 10.6 Å². The van der Waals surface area contributed by atoms with Crippen LogP contribution in [0.25, 0.3) is 0 Å². The molecule has 0 spiro atoms. The Morgan fingerprint density at radius 1 is 1.43 bits per heavy atom. The van der Waals surface area contributed by atoms with Crippen LogP contribution in [0.15, 0.2) is 12.1 Å². The van der Waals surface area contributed by atoms with Crippen molar-refractivity contribution in [1.29, 1.82) is 5.26 Å². The van der Waals surface area contributed by atoms with E-state index >= 15 is 0 Å². The predicted octanol–water partition coefficient (Wildman–Crippen LogP) is 1.39. The van der Waals surface area contributed by atoms with Crippen molar-refractivity contribution in [2.24, 2.45) is 5.73 Å². The van der Waals surface area contributed by atoms with Crippen LogP contribution in [0.5, 0.6) is 0 Å². The number of hydrogen-bond acceptors (Lipinski definition) is 4. The van der Waals surface area contributed by atoms with Gasteiger partial charge in [-0.25, -0.2) is 4.79 Å². The van der Waals surface area contributed by atoms with Gasteiger partial charge in [-0.05, 0) is 24.6 Å². The van der Waals surface area contributed by atoms with E-state index < -0.39 is 5.66 Å². The van der Waals surface area contributed by atoms with Gasteiger partial charge in [0.15, 0.2) is 11.4 Å². The van der Waals surface area contributed by atoms with Crippen molar-refractivity contribution in [1.82, 2.24) is 4.90 Å². The molecule has 2 N–H and O–H groups in total. The molecule has 7 heteroatoms. The van der Waals surface area contributed by atoms with Crippen molar-refractivity contribution < 1.29 is 9.59 Å². The number of halogens is 1. The normalized spacial score (nSPS) is 24.5. The van der Waals surface area contributed by atoms with Crippen LogP contribution >= 0.6 is 11.6 Å². The first-order chi connectivity index (χ1) is 9.90. The highest BCUT2D eigenvalue weighted by molar-refractivity contribution is 6.33. The van der Waals surface area contributed by atoms with Gasteiger partial charge in [-0.15, -0.1) is 0 Å². The summed E-state index contributed by atoms with van der Waals surface area (Å²) < 4.78 is 0. The van der Waals surface area contributed by atoms with Gasteiger partial charge in [0.25, 0.3) is 0 Å². The van der Waals surface area contributed by atoms with Crippen LogP contribution in [0.1, 0.15) is 17.5 Å². The highest BCUT2D eigenvalue weighted by atomic mass is 35.5. The summed E-state index contributed by atoms with van der Waals surface area (Å²) in [7, 11) is 0. The van der Waals surface area contributed by atoms with Crippen molar-refractivity contribution in [3.8, 4) is 6.07 Å². The zero-order valence-electron chi connectivity index (χ0n) is 11.4. The van der Waals surface area contributed by atoms with Gasteiger partial charge in [0.05, 0.1) is 22.8 Å². The number of carbonyl (C=O) groups excluding carboxylic acids is 2. The minimum atomic E-state index is -1.25. The summed E-state index contributed by atoms with van der Waals surface area (Å²) in [6, 6.07) is 4.92. The van der Waals surface area contributed by atoms with E-state index in [1.165, 1.54) is 9.80 Å². The van der Waals surface area contributed by atoms with E-state index in [4.69, 9.17) is 22.6 Å². The maximum absolute atomic E-state index is 12.5. The molecule has 2 aliphatic rings. The molecule has 0 bridgehead atoms. The largest absolute Gasteiger partial charge is 0.326 e. The third kappa shape index (κ3) is 1.75. The third-order valence-corrected chi connectivity index (χ3v) is 4.64. The number of nitriles is 1. The third-order valence-electron chi connectivity index (χ3n) is 4.16. The lowest BCUT2D eigenvalue weighted by Crippen LogP contribution is -2.55. The monoisotopic (exact) mass is 304 g/mol. The smallest absolute Gasteiger partial charge is 0.301 e. The van der Waals surface area contributed by atoms with Crippen molar-refractivity contribution in [3.05, 3.63) is 28.3 Å². The molecule has 2 amide bonds. The van der Waals surface area contributed by atoms with E-state index in [0.29, 0.717) is 34.8 Å². The Bertz CT molecular complexity index is 712. The lowest BCUT2D eigenvalue weighted by atomic mass is 10.1. The molecule has 21 heavy (non-hydrogen) atoms. The number of nitrogens with zero attached hydrogens (tertiary/aromatic N) is 3. The summed E-state index contributed by atoms with van der Waals surface area (Å²) in [5, 5.41) is 9.28. The fourth-order valence-electron chi connectivity index (χ4n) is 2.92. The van der Waals surface area contributed by atoms with Crippen molar-refractivity contribution >= 4 is 29.1 Å². The number of fused-ring (bicyclic) bond motifs is 1. The Morgan fingerprint density at radius 2 is 2.14 bits per heavy atom. The molecule has 6 nitrogen and oxygen atoms in total. The van der Waals surface area contributed by atoms with E-state index in [0.717, 1.165) is 0 Å². The zero-order valence-corrected chi connectivity index (χ0v) is 12.1. The molecule has 0 saturated carbocycles. The van der Waals surface area contributed by atoms with E-state index in [1.54, 1.807) is 19.1 Å². The summed E-state index contributed by atoms with van der Waals surface area (Å²) in [6.07, 6.45) is 0.295. The molecular weight excluding hydrogens is 292 g/mol. The minimum absolute atomic E-state index is 0.105. The maximum Gasteiger partial charge on any atom is 0.326 e. The van der Waals surface area contributed by atoms with Crippen LogP contribution in [0.4, 0.5) is 10.5 Å². The second-order valence-corrected chi connectivity index (χ2v) is 5.68. The molecule has 108 valence electrons. The quantitative estimate of drug-likeness (QED) is 0.849. The van der Waals surface area contributed by atoms with Gasteiger partial charge in [-0.1, -0.05) is 11.6 Å². The van der Waals surface area contributed by atoms with Crippen molar-refractivity contribution in [2.75, 3.05) is 18.0 Å². The Kier molecular flexibility index (Phi) is 2.94. The standard InChI is InChI=1S/C14H13ClN4O2/c1-8-10(3-2-9(6-16)12(8)15)18-7-14(17)11(20)4-5-19(14)13(18)21/h2-3H,4-5,7,17H2,1H3/t14-/m1/s1. The number of rotatable bonds is 1. The van der Waals surface area contributed by atoms with Gasteiger partial charge in [-0.3, -0.25) is 14.6 Å². The molecular formula is C14H13ClN4O2. The number of urea groups is 1. The van der Waals surface area contributed by atoms with Crippen molar-refractivity contribution in [3.63, 3.8) is 0 Å². The van der Waals surface area contributed by atoms with E-state index in [1.807, 2.05) is 6.07 Å². The van der Waals surface area contributed by atoms with Gasteiger partial charge >= 0.3 is 6.03 Å². The minimum Gasteiger partial charge on any atom is -0.301 e. The number of amides is 2. The fraction of sp³-hybridized carbons (Fsp3) is 0.357. The van der Waals surface area contributed by atoms with Gasteiger partial charge in [0, 0.05) is 13.0 Å². The zero-order chi connectivity index (χ0) is 15.4. The first-order valence-electron chi connectivity index (χ1n) is 6.50. The van der Waals surface area contributed by atoms with Crippen LogP contribution in [-0.2, 0) is 4.79 Å². The van der Waals surface area contributed by atoms with Crippen LogP contribution in [0, 0.1) is 18.3 Å². The molecule has 2 aliphatic heterocycles. The SMILES string of the molecule is Cc1c(N2C[C@]3(N)C(=O)CCN3C2=O)ccc(C#N)c1Cl. The molecule has 3 rings (SSSR count). The summed E-state index contributed by atoms with van der Waals surface area (Å²) in [4.78, 5) is 27.3. The van der Waals surface area contributed by atoms with Gasteiger partial charge < -0.3 is 5.73 Å². The molecule has 1 aromatic rings. The Morgan fingerprint density at radius 3 is 2.76 bits per heavy atom. The Balaban J connectivity index is 2.04. The molecule has 0 aromatic heterocycles. The first kappa shape index (κ1) is 13.9. The molecule has 0 unspecified atom stereocenters. The van der Waals surface area contributed by atoms with Gasteiger partial charge in [0.2, 0.25) is 0 Å². The van der Waals surface area contributed by atoms with E-state index in [2.05, 4.69) is 0 Å². The van der Waals surface area contributed by atoms with Crippen molar-refractivity contribution in [2.45, 2.75) is 19.0 Å². The highest BCUT2D eigenvalue weighted by Gasteiger charge is 2.56. The number of benzene rings is 1. The van der Waals surface area contributed by atoms with E-state index in [-0.39, 0.29) is 18.4 Å². The summed E-state index contributed by atoms with van der Waals surface area (Å²) >= 11 is 6.14. The summed E-state index contributed by atoms with van der Waals surface area (Å²) in [5.41, 5.74) is 6.41. The fourth-order valence-corrected chi connectivity index (χ4v) is 3.12. The molecule has 1 atom stereocenters. The van der Waals surface area contributed by atoms with Crippen LogP contribution in [0.3, 0.4) is 0 Å². The summed E-state index contributed by atoms with van der Waals surface area (Å²) in [6.45, 7) is 2.18. The molecule has 2 fully saturated rings. The number of carbonyl (C=O) groups is 2. The number of ketones is 1. The van der Waals surface area contributed by atoms with Gasteiger partial charge in [-0.2, -0.15) is 5.26 Å². The van der Waals surface area contributed by atoms with E-state index in [9.17, 15) is 9.59 Å². The maximum atomic E-state index is 12.5.